The Morgan fingerprint density at radius 2 is 1.97 bits per heavy atom. The highest BCUT2D eigenvalue weighted by Crippen LogP contribution is 2.36. The van der Waals surface area contributed by atoms with Crippen molar-refractivity contribution in [2.75, 3.05) is 13.7 Å². The normalized spacial score (nSPS) is 14.3. The number of ether oxygens (including phenoxy) is 3. The van der Waals surface area contributed by atoms with Crippen LogP contribution in [0.1, 0.15) is 11.1 Å². The second-order valence-corrected chi connectivity index (χ2v) is 8.05. The first-order valence-corrected chi connectivity index (χ1v) is 10.3. The molecule has 0 spiro atoms. The van der Waals surface area contributed by atoms with E-state index in [1.165, 1.54) is 31.4 Å². The first-order chi connectivity index (χ1) is 14.7. The van der Waals surface area contributed by atoms with Gasteiger partial charge in [-0.25, -0.2) is 14.6 Å². The summed E-state index contributed by atoms with van der Waals surface area (Å²) in [5, 5.41) is 11.0. The second kappa shape index (κ2) is 9.58. The Hall–Kier alpha value is -2.76. The highest BCUT2D eigenvalue weighted by molar-refractivity contribution is 9.11. The van der Waals surface area contributed by atoms with E-state index in [0.29, 0.717) is 20.3 Å². The van der Waals surface area contributed by atoms with E-state index in [-0.39, 0.29) is 34.5 Å². The van der Waals surface area contributed by atoms with Crippen molar-refractivity contribution in [2.45, 2.75) is 0 Å². The summed E-state index contributed by atoms with van der Waals surface area (Å²) in [4.78, 5) is 38.1. The Kier molecular flexibility index (Phi) is 7.08. The Morgan fingerprint density at radius 3 is 2.58 bits per heavy atom. The van der Waals surface area contributed by atoms with Crippen LogP contribution in [0.15, 0.2) is 50.0 Å². The minimum atomic E-state index is -0.717. The van der Waals surface area contributed by atoms with Crippen LogP contribution >= 0.6 is 43.5 Å². The van der Waals surface area contributed by atoms with E-state index < -0.39 is 16.9 Å². The topological polar surface area (TPSA) is 117 Å². The van der Waals surface area contributed by atoms with Gasteiger partial charge in [-0.05, 0) is 67.8 Å². The van der Waals surface area contributed by atoms with Crippen LogP contribution in [0.2, 0.25) is 5.02 Å². The average Bonchev–Trinajstić information content (AvgIpc) is 3.07. The number of aliphatic imine (C=N–C) groups is 1. The smallest absolute Gasteiger partial charge is 0.363 e. The fourth-order valence-corrected chi connectivity index (χ4v) is 4.10. The Morgan fingerprint density at radius 1 is 1.29 bits per heavy atom. The van der Waals surface area contributed by atoms with Gasteiger partial charge in [0.05, 0.1) is 21.0 Å². The Balaban J connectivity index is 1.89. The number of rotatable bonds is 6. The number of carbonyl (C=O) groups is 2. The fourth-order valence-electron chi connectivity index (χ4n) is 2.47. The molecule has 0 unspecified atom stereocenters. The zero-order valence-corrected chi connectivity index (χ0v) is 19.5. The maximum Gasteiger partial charge on any atom is 0.363 e. The van der Waals surface area contributed by atoms with Gasteiger partial charge in [0.15, 0.2) is 12.3 Å². The van der Waals surface area contributed by atoms with Crippen molar-refractivity contribution >= 4 is 73.1 Å². The third-order valence-electron chi connectivity index (χ3n) is 3.90. The van der Waals surface area contributed by atoms with E-state index in [9.17, 15) is 19.7 Å². The molecule has 12 heteroatoms. The molecule has 0 fully saturated rings. The van der Waals surface area contributed by atoms with E-state index in [4.69, 9.17) is 21.1 Å². The lowest BCUT2D eigenvalue weighted by molar-refractivity contribution is -0.384. The summed E-state index contributed by atoms with van der Waals surface area (Å²) in [6.07, 6.45) is 1.47. The molecule has 1 heterocycles. The van der Waals surface area contributed by atoms with Gasteiger partial charge >= 0.3 is 11.9 Å². The van der Waals surface area contributed by atoms with Gasteiger partial charge in [-0.1, -0.05) is 11.6 Å². The van der Waals surface area contributed by atoms with Crippen LogP contribution in [0.25, 0.3) is 6.08 Å². The first-order valence-electron chi connectivity index (χ1n) is 8.35. The molecule has 0 aromatic heterocycles. The minimum Gasteiger partial charge on any atom is -0.480 e. The lowest BCUT2D eigenvalue weighted by atomic mass is 10.2. The second-order valence-electron chi connectivity index (χ2n) is 5.94. The SMILES string of the molecule is COC(=O)COc1c(Br)cc(/C=C2\N=C(c3ccc(Cl)c([N+](=O)[O-])c3)OC2=O)cc1Br. The number of nitrogens with zero attached hydrogens (tertiary/aromatic N) is 2. The summed E-state index contributed by atoms with van der Waals surface area (Å²) in [5.41, 5.74) is 0.477. The van der Waals surface area contributed by atoms with E-state index >= 15 is 0 Å². The summed E-state index contributed by atoms with van der Waals surface area (Å²) < 4.78 is 16.1. The maximum atomic E-state index is 12.2. The molecule has 1 aliphatic rings. The number of halogens is 3. The number of esters is 2. The standard InChI is InChI=1S/C19H11Br2ClN2O7/c1-29-16(25)8-30-17-11(20)4-9(5-12(17)21)6-14-19(26)31-18(23-14)10-2-3-13(22)15(7-10)24(27)28/h2-7H,8H2,1H3/b14-6-. The lowest BCUT2D eigenvalue weighted by Crippen LogP contribution is -2.13. The lowest BCUT2D eigenvalue weighted by Gasteiger charge is -2.10. The molecule has 0 amide bonds. The van der Waals surface area contributed by atoms with Gasteiger partial charge in [0, 0.05) is 11.6 Å². The van der Waals surface area contributed by atoms with Crippen LogP contribution in [0.5, 0.6) is 5.75 Å². The highest BCUT2D eigenvalue weighted by Gasteiger charge is 2.26. The molecule has 1 aliphatic heterocycles. The molecule has 3 rings (SSSR count). The van der Waals surface area contributed by atoms with Crippen LogP contribution in [-0.4, -0.2) is 36.5 Å². The predicted molar refractivity (Wildman–Crippen MR) is 118 cm³/mol. The molecule has 9 nitrogen and oxygen atoms in total. The monoisotopic (exact) mass is 572 g/mol. The van der Waals surface area contributed by atoms with Gasteiger partial charge in [0.25, 0.3) is 5.69 Å². The van der Waals surface area contributed by atoms with Gasteiger partial charge in [0.1, 0.15) is 10.8 Å². The first kappa shape index (κ1) is 22.9. The Labute approximate surface area is 197 Å². The van der Waals surface area contributed by atoms with E-state index in [2.05, 4.69) is 41.6 Å². The van der Waals surface area contributed by atoms with Crippen molar-refractivity contribution in [1.29, 1.82) is 0 Å². The van der Waals surface area contributed by atoms with E-state index in [0.717, 1.165) is 0 Å². The van der Waals surface area contributed by atoms with Gasteiger partial charge in [-0.15, -0.1) is 0 Å². The van der Waals surface area contributed by atoms with Gasteiger partial charge < -0.3 is 14.2 Å². The number of hydrogen-bond donors (Lipinski definition) is 0. The highest BCUT2D eigenvalue weighted by atomic mass is 79.9. The number of methoxy groups -OCH3 is 1. The van der Waals surface area contributed by atoms with E-state index in [1.807, 2.05) is 0 Å². The number of nitro groups is 1. The van der Waals surface area contributed by atoms with Gasteiger partial charge in [-0.2, -0.15) is 0 Å². The summed E-state index contributed by atoms with van der Waals surface area (Å²) in [5.74, 6) is -0.958. The largest absolute Gasteiger partial charge is 0.480 e. The third kappa shape index (κ3) is 5.30. The fraction of sp³-hybridized carbons (Fsp3) is 0.105. The van der Waals surface area contributed by atoms with Crippen LogP contribution in [0.3, 0.4) is 0 Å². The molecule has 0 N–H and O–H groups in total. The third-order valence-corrected chi connectivity index (χ3v) is 5.39. The van der Waals surface area contributed by atoms with Gasteiger partial charge in [0.2, 0.25) is 5.90 Å². The molecule has 2 aromatic rings. The molecule has 0 radical (unpaired) electrons. The predicted octanol–water partition coefficient (Wildman–Crippen LogP) is 4.67. The maximum absolute atomic E-state index is 12.2. The minimum absolute atomic E-state index is 0.00497. The molecule has 31 heavy (non-hydrogen) atoms. The molecular weight excluding hydrogens is 563 g/mol. The molecule has 2 aromatic carbocycles. The number of cyclic esters (lactones) is 1. The molecular formula is C19H11Br2ClN2O7. The zero-order chi connectivity index (χ0) is 22.7. The van der Waals surface area contributed by atoms with E-state index in [1.54, 1.807) is 12.1 Å². The molecule has 0 bridgehead atoms. The van der Waals surface area contributed by atoms with Crippen LogP contribution in [0, 0.1) is 10.1 Å². The molecule has 0 atom stereocenters. The molecule has 0 saturated carbocycles. The molecule has 0 saturated heterocycles. The van der Waals surface area contributed by atoms with Crippen LogP contribution < -0.4 is 4.74 Å². The Bertz CT molecular complexity index is 1140. The van der Waals surface area contributed by atoms with Crippen LogP contribution in [-0.2, 0) is 19.1 Å². The molecule has 0 aliphatic carbocycles. The van der Waals surface area contributed by atoms with Crippen molar-refractivity contribution in [1.82, 2.24) is 0 Å². The van der Waals surface area contributed by atoms with Crippen molar-refractivity contribution in [2.24, 2.45) is 4.99 Å². The van der Waals surface area contributed by atoms with Crippen molar-refractivity contribution in [3.63, 3.8) is 0 Å². The summed E-state index contributed by atoms with van der Waals surface area (Å²) in [7, 11) is 1.25. The number of hydrogen-bond acceptors (Lipinski definition) is 8. The molecule has 160 valence electrons. The van der Waals surface area contributed by atoms with Crippen molar-refractivity contribution < 1.29 is 28.7 Å². The zero-order valence-electron chi connectivity index (χ0n) is 15.6. The summed E-state index contributed by atoms with van der Waals surface area (Å²) in [6.45, 7) is -0.276. The number of nitro benzene ring substituents is 1. The van der Waals surface area contributed by atoms with Crippen molar-refractivity contribution in [3.8, 4) is 5.75 Å². The van der Waals surface area contributed by atoms with Gasteiger partial charge in [-0.3, -0.25) is 10.1 Å². The average molecular weight is 575 g/mol. The summed E-state index contributed by atoms with van der Waals surface area (Å²) >= 11 is 12.5. The van der Waals surface area contributed by atoms with Crippen LogP contribution in [0.4, 0.5) is 5.69 Å². The quantitative estimate of drug-likeness (QED) is 0.213. The summed E-state index contributed by atoms with van der Waals surface area (Å²) in [6, 6.07) is 7.27. The number of benzene rings is 2. The van der Waals surface area contributed by atoms with Crippen molar-refractivity contribution in [3.05, 3.63) is 71.2 Å². The number of carbonyl (C=O) groups excluding carboxylic acids is 2.